The molecule has 202 valence electrons. The summed E-state index contributed by atoms with van der Waals surface area (Å²) in [6, 6.07) is 12.8. The molecule has 1 fully saturated rings. The number of imide groups is 1. The Labute approximate surface area is 226 Å². The van der Waals surface area contributed by atoms with Crippen molar-refractivity contribution in [3.63, 3.8) is 0 Å². The number of nitrogens with zero attached hydrogens (tertiary/aromatic N) is 4. The Hall–Kier alpha value is -4.34. The minimum atomic E-state index is -0.320. The van der Waals surface area contributed by atoms with E-state index in [-0.39, 0.29) is 37.0 Å². The largest absolute Gasteiger partial charge is 0.454 e. The smallest absolute Gasteiger partial charge is 0.263 e. The summed E-state index contributed by atoms with van der Waals surface area (Å²) >= 11 is 0. The van der Waals surface area contributed by atoms with E-state index in [1.807, 2.05) is 42.8 Å². The molecule has 3 aromatic rings. The van der Waals surface area contributed by atoms with Crippen LogP contribution in [0.1, 0.15) is 50.5 Å². The first-order valence-corrected chi connectivity index (χ1v) is 13.3. The molecule has 3 aliphatic rings. The Morgan fingerprint density at radius 3 is 2.74 bits per heavy atom. The molecule has 0 radical (unpaired) electrons. The summed E-state index contributed by atoms with van der Waals surface area (Å²) in [4.78, 5) is 43.2. The molecule has 0 bridgehead atoms. The topological polar surface area (TPSA) is 106 Å². The van der Waals surface area contributed by atoms with Crippen LogP contribution in [-0.2, 0) is 17.9 Å². The first-order valence-electron chi connectivity index (χ1n) is 13.3. The van der Waals surface area contributed by atoms with Crippen molar-refractivity contribution >= 4 is 23.4 Å². The highest BCUT2D eigenvalue weighted by Gasteiger charge is 2.39. The summed E-state index contributed by atoms with van der Waals surface area (Å²) in [6.45, 7) is 6.58. The Kier molecular flexibility index (Phi) is 6.46. The van der Waals surface area contributed by atoms with Crippen molar-refractivity contribution in [1.82, 2.24) is 20.0 Å². The average molecular weight is 530 g/mol. The van der Waals surface area contributed by atoms with E-state index < -0.39 is 0 Å². The fourth-order valence-electron chi connectivity index (χ4n) is 5.69. The molecule has 0 saturated carbocycles. The van der Waals surface area contributed by atoms with E-state index in [0.717, 1.165) is 36.3 Å². The van der Waals surface area contributed by atoms with Crippen LogP contribution in [0, 0.1) is 19.8 Å². The normalized spacial score (nSPS) is 18.1. The van der Waals surface area contributed by atoms with E-state index in [1.54, 1.807) is 18.2 Å². The fourth-order valence-corrected chi connectivity index (χ4v) is 5.69. The zero-order valence-electron chi connectivity index (χ0n) is 22.1. The van der Waals surface area contributed by atoms with E-state index in [1.165, 1.54) is 4.90 Å². The van der Waals surface area contributed by atoms with E-state index in [0.29, 0.717) is 47.9 Å². The van der Waals surface area contributed by atoms with Gasteiger partial charge in [-0.1, -0.05) is 12.1 Å². The van der Waals surface area contributed by atoms with E-state index in [4.69, 9.17) is 9.47 Å². The van der Waals surface area contributed by atoms with Gasteiger partial charge >= 0.3 is 0 Å². The molecule has 0 aliphatic carbocycles. The lowest BCUT2D eigenvalue weighted by atomic mass is 9.95. The Balaban J connectivity index is 1.14. The molecule has 4 heterocycles. The van der Waals surface area contributed by atoms with Crippen molar-refractivity contribution in [1.29, 1.82) is 0 Å². The molecule has 3 amide bonds. The lowest BCUT2D eigenvalue weighted by Gasteiger charge is -2.34. The van der Waals surface area contributed by atoms with Crippen LogP contribution < -0.4 is 19.7 Å². The van der Waals surface area contributed by atoms with Crippen LogP contribution in [0.15, 0.2) is 42.5 Å². The van der Waals surface area contributed by atoms with Crippen molar-refractivity contribution in [3.05, 3.63) is 70.5 Å². The van der Waals surface area contributed by atoms with Crippen LogP contribution in [0.2, 0.25) is 0 Å². The third-order valence-corrected chi connectivity index (χ3v) is 7.61. The van der Waals surface area contributed by atoms with Gasteiger partial charge in [0, 0.05) is 25.3 Å². The van der Waals surface area contributed by atoms with Crippen LogP contribution in [0.3, 0.4) is 0 Å². The highest BCUT2D eigenvalue weighted by molar-refractivity contribution is 6.23. The Bertz CT molecular complexity index is 1460. The van der Waals surface area contributed by atoms with Gasteiger partial charge in [-0.3, -0.25) is 24.0 Å². The van der Waals surface area contributed by atoms with Crippen LogP contribution in [0.25, 0.3) is 0 Å². The molecule has 0 unspecified atom stereocenters. The average Bonchev–Trinajstić information content (AvgIpc) is 3.61. The number of nitrogens with one attached hydrogen (secondary N) is 1. The van der Waals surface area contributed by atoms with Gasteiger partial charge in [0.1, 0.15) is 0 Å². The van der Waals surface area contributed by atoms with E-state index >= 15 is 0 Å². The van der Waals surface area contributed by atoms with Gasteiger partial charge in [-0.05, 0) is 62.6 Å². The molecule has 39 heavy (non-hydrogen) atoms. The number of ether oxygens (including phenoxy) is 2. The standard InChI is InChI=1S/C29H31N5O5/c1-18-13-19(2)34(31-18)12-10-30-27(35)21-5-4-11-32(16-21)23-7-3-6-22-26(23)29(37)33(28(22)36)15-20-8-9-24-25(14-20)39-17-38-24/h3,6-9,13-14,21H,4-5,10-12,15-17H2,1-2H3,(H,30,35)/t21-/m0/s1. The molecule has 3 aliphatic heterocycles. The van der Waals surface area contributed by atoms with Crippen LogP contribution in [0.4, 0.5) is 5.69 Å². The number of benzene rings is 2. The summed E-state index contributed by atoms with van der Waals surface area (Å²) < 4.78 is 12.7. The number of carbonyl (C=O) groups excluding carboxylic acids is 3. The zero-order valence-corrected chi connectivity index (χ0v) is 22.1. The third-order valence-electron chi connectivity index (χ3n) is 7.61. The third kappa shape index (κ3) is 4.71. The molecule has 1 saturated heterocycles. The summed E-state index contributed by atoms with van der Waals surface area (Å²) in [5, 5.41) is 7.50. The predicted octanol–water partition coefficient (Wildman–Crippen LogP) is 3.06. The van der Waals surface area contributed by atoms with Gasteiger partial charge < -0.3 is 19.7 Å². The number of fused-ring (bicyclic) bond motifs is 2. The highest BCUT2D eigenvalue weighted by atomic mass is 16.7. The van der Waals surface area contributed by atoms with Gasteiger partial charge in [-0.15, -0.1) is 0 Å². The van der Waals surface area contributed by atoms with Crippen molar-refractivity contribution in [2.24, 2.45) is 5.92 Å². The van der Waals surface area contributed by atoms with Gasteiger partial charge in [0.05, 0.1) is 41.5 Å². The first kappa shape index (κ1) is 25.0. The highest BCUT2D eigenvalue weighted by Crippen LogP contribution is 2.36. The number of hydrogen-bond donors (Lipinski definition) is 1. The summed E-state index contributed by atoms with van der Waals surface area (Å²) in [7, 11) is 0. The van der Waals surface area contributed by atoms with Crippen molar-refractivity contribution in [2.45, 2.75) is 39.8 Å². The maximum absolute atomic E-state index is 13.6. The summed E-state index contributed by atoms with van der Waals surface area (Å²) in [5.41, 5.74) is 4.32. The molecule has 10 nitrogen and oxygen atoms in total. The molecular weight excluding hydrogens is 498 g/mol. The molecule has 1 N–H and O–H groups in total. The lowest BCUT2D eigenvalue weighted by molar-refractivity contribution is -0.125. The Morgan fingerprint density at radius 2 is 1.92 bits per heavy atom. The molecule has 0 spiro atoms. The second kappa shape index (κ2) is 10.1. The second-order valence-electron chi connectivity index (χ2n) is 10.3. The summed E-state index contributed by atoms with van der Waals surface area (Å²) in [6.07, 6.45) is 1.60. The maximum atomic E-state index is 13.6. The quantitative estimate of drug-likeness (QED) is 0.469. The zero-order chi connectivity index (χ0) is 27.1. The van der Waals surface area contributed by atoms with Crippen LogP contribution in [-0.4, -0.2) is 58.8 Å². The second-order valence-corrected chi connectivity index (χ2v) is 10.3. The van der Waals surface area contributed by atoms with Crippen molar-refractivity contribution in [3.8, 4) is 11.5 Å². The van der Waals surface area contributed by atoms with Gasteiger partial charge in [0.25, 0.3) is 11.8 Å². The van der Waals surface area contributed by atoms with Crippen LogP contribution >= 0.6 is 0 Å². The number of amides is 3. The van der Waals surface area contributed by atoms with E-state index in [9.17, 15) is 14.4 Å². The minimum Gasteiger partial charge on any atom is -0.454 e. The van der Waals surface area contributed by atoms with E-state index in [2.05, 4.69) is 15.3 Å². The SMILES string of the molecule is Cc1cc(C)n(CCNC(=O)[C@H]2CCCN(c3cccc4c3C(=O)N(Cc3ccc5c(c3)OCO5)C4=O)C2)n1. The van der Waals surface area contributed by atoms with Gasteiger partial charge in [0.2, 0.25) is 12.7 Å². The van der Waals surface area contributed by atoms with Crippen molar-refractivity contribution in [2.75, 3.05) is 31.3 Å². The fraction of sp³-hybridized carbons (Fsp3) is 0.379. The monoisotopic (exact) mass is 529 g/mol. The molecule has 6 rings (SSSR count). The van der Waals surface area contributed by atoms with Gasteiger partial charge in [-0.2, -0.15) is 5.10 Å². The van der Waals surface area contributed by atoms with Crippen LogP contribution in [0.5, 0.6) is 11.5 Å². The molecule has 2 aromatic carbocycles. The number of piperidine rings is 1. The number of anilines is 1. The lowest BCUT2D eigenvalue weighted by Crippen LogP contribution is -2.44. The van der Waals surface area contributed by atoms with Gasteiger partial charge in [-0.25, -0.2) is 0 Å². The minimum absolute atomic E-state index is 0.000597. The summed E-state index contributed by atoms with van der Waals surface area (Å²) in [5.74, 6) is 0.424. The van der Waals surface area contributed by atoms with Gasteiger partial charge in [0.15, 0.2) is 11.5 Å². The van der Waals surface area contributed by atoms with Crippen molar-refractivity contribution < 1.29 is 23.9 Å². The molecule has 10 heteroatoms. The molecule has 1 atom stereocenters. The molecule has 1 aromatic heterocycles. The first-order chi connectivity index (χ1) is 18.9. The number of aromatic nitrogens is 2. The Morgan fingerprint density at radius 1 is 1.08 bits per heavy atom. The molecular formula is C29H31N5O5. The maximum Gasteiger partial charge on any atom is 0.263 e. The number of hydrogen-bond acceptors (Lipinski definition) is 7. The number of carbonyl (C=O) groups is 3. The number of rotatable bonds is 7. The predicted molar refractivity (Wildman–Crippen MR) is 143 cm³/mol. The number of aryl methyl sites for hydroxylation is 2.